The Morgan fingerprint density at radius 2 is 2.10 bits per heavy atom. The van der Waals surface area contributed by atoms with Crippen LogP contribution in [0.5, 0.6) is 5.75 Å². The van der Waals surface area contributed by atoms with Crippen molar-refractivity contribution < 1.29 is 8.95 Å². The number of halogens is 1. The molecule has 2 atom stereocenters. The number of hydrogen-bond donors (Lipinski definition) is 1. The molecule has 0 amide bonds. The van der Waals surface area contributed by atoms with Crippen LogP contribution >= 0.6 is 15.9 Å². The van der Waals surface area contributed by atoms with E-state index < -0.39 is 10.8 Å². The molecule has 110 valence electrons. The van der Waals surface area contributed by atoms with Crippen LogP contribution < -0.4 is 10.5 Å². The summed E-state index contributed by atoms with van der Waals surface area (Å²) in [6.07, 6.45) is 0.888. The Labute approximate surface area is 135 Å². The molecule has 2 unspecified atom stereocenters. The van der Waals surface area contributed by atoms with Crippen molar-refractivity contribution in [2.75, 3.05) is 18.1 Å². The van der Waals surface area contributed by atoms with Crippen LogP contribution in [0.2, 0.25) is 0 Å². The summed E-state index contributed by atoms with van der Waals surface area (Å²) in [4.78, 5) is 0.710. The number of rotatable bonds is 3. The number of para-hydroxylation sites is 1. The summed E-state index contributed by atoms with van der Waals surface area (Å²) < 4.78 is 19.2. The summed E-state index contributed by atoms with van der Waals surface area (Å²) in [5.41, 5.74) is 7.69. The van der Waals surface area contributed by atoms with Gasteiger partial charge < -0.3 is 10.5 Å². The molecule has 2 N–H and O–H groups in total. The minimum absolute atomic E-state index is 0.249. The van der Waals surface area contributed by atoms with Crippen molar-refractivity contribution in [3.05, 3.63) is 52.5 Å². The molecule has 0 saturated heterocycles. The van der Waals surface area contributed by atoms with E-state index in [-0.39, 0.29) is 5.92 Å². The summed E-state index contributed by atoms with van der Waals surface area (Å²) in [7, 11) is -1.11. The van der Waals surface area contributed by atoms with Gasteiger partial charge in [0.25, 0.3) is 0 Å². The molecular weight excluding hydrogens is 350 g/mol. The first-order valence-corrected chi connectivity index (χ1v) is 8.91. The van der Waals surface area contributed by atoms with E-state index in [1.54, 1.807) is 6.07 Å². The zero-order valence-electron chi connectivity index (χ0n) is 11.4. The maximum absolute atomic E-state index is 12.6. The van der Waals surface area contributed by atoms with Gasteiger partial charge in [-0.05, 0) is 36.2 Å². The molecule has 0 spiro atoms. The Morgan fingerprint density at radius 1 is 1.29 bits per heavy atom. The third kappa shape index (κ3) is 3.14. The van der Waals surface area contributed by atoms with E-state index in [1.165, 1.54) is 0 Å². The molecule has 2 aromatic rings. The lowest BCUT2D eigenvalue weighted by Crippen LogP contribution is -2.19. The fourth-order valence-corrected chi connectivity index (χ4v) is 4.40. The first-order valence-electron chi connectivity index (χ1n) is 6.80. The van der Waals surface area contributed by atoms with Crippen LogP contribution in [0, 0.1) is 0 Å². The second-order valence-corrected chi connectivity index (χ2v) is 7.45. The molecule has 0 fully saturated rings. The van der Waals surface area contributed by atoms with Gasteiger partial charge in [-0.25, -0.2) is 0 Å². The fraction of sp³-hybridized carbons (Fsp3) is 0.250. The minimum Gasteiger partial charge on any atom is -0.493 e. The van der Waals surface area contributed by atoms with Gasteiger partial charge in [-0.2, -0.15) is 0 Å². The molecule has 0 radical (unpaired) electrons. The first kappa shape index (κ1) is 14.6. The number of hydrogen-bond acceptors (Lipinski definition) is 3. The second-order valence-electron chi connectivity index (χ2n) is 5.07. The van der Waals surface area contributed by atoms with Gasteiger partial charge in [0.15, 0.2) is 0 Å². The average molecular weight is 366 g/mol. The number of anilines is 1. The summed E-state index contributed by atoms with van der Waals surface area (Å²) in [6.45, 7) is 0.675. The third-order valence-electron chi connectivity index (χ3n) is 3.65. The van der Waals surface area contributed by atoms with E-state index in [1.807, 2.05) is 30.3 Å². The van der Waals surface area contributed by atoms with Crippen molar-refractivity contribution >= 4 is 32.4 Å². The van der Waals surface area contributed by atoms with Crippen molar-refractivity contribution in [1.29, 1.82) is 0 Å². The lowest BCUT2D eigenvalue weighted by atomic mass is 9.95. The zero-order chi connectivity index (χ0) is 14.8. The van der Waals surface area contributed by atoms with E-state index in [9.17, 15) is 4.21 Å². The first-order chi connectivity index (χ1) is 10.1. The number of nitrogens with two attached hydrogens (primary N) is 1. The standard InChI is InChI=1S/C16H16BrNO2S/c17-12-5-6-16(14(18)9-12)21(19)10-11-7-8-20-15-4-2-1-3-13(11)15/h1-6,9,11H,7-8,10,18H2. The van der Waals surface area contributed by atoms with E-state index in [2.05, 4.69) is 22.0 Å². The average Bonchev–Trinajstić information content (AvgIpc) is 2.47. The molecule has 0 bridgehead atoms. The Balaban J connectivity index is 1.83. The zero-order valence-corrected chi connectivity index (χ0v) is 13.8. The van der Waals surface area contributed by atoms with Crippen LogP contribution in [0.3, 0.4) is 0 Å². The highest BCUT2D eigenvalue weighted by molar-refractivity contribution is 9.10. The normalized spacial score (nSPS) is 18.6. The summed E-state index contributed by atoms with van der Waals surface area (Å²) in [5, 5.41) is 0. The van der Waals surface area contributed by atoms with Crippen LogP contribution in [0.25, 0.3) is 0 Å². The minimum atomic E-state index is -1.11. The molecule has 2 aromatic carbocycles. The van der Waals surface area contributed by atoms with Crippen molar-refractivity contribution in [2.24, 2.45) is 0 Å². The number of ether oxygens (including phenoxy) is 1. The quantitative estimate of drug-likeness (QED) is 0.843. The van der Waals surface area contributed by atoms with Crippen LogP contribution in [-0.2, 0) is 10.8 Å². The van der Waals surface area contributed by atoms with E-state index in [0.29, 0.717) is 22.9 Å². The Bertz CT molecular complexity index is 690. The largest absolute Gasteiger partial charge is 0.493 e. The third-order valence-corrected chi connectivity index (χ3v) is 5.71. The SMILES string of the molecule is Nc1cc(Br)ccc1S(=O)CC1CCOc2ccccc21. The van der Waals surface area contributed by atoms with E-state index >= 15 is 0 Å². The van der Waals surface area contributed by atoms with Crippen LogP contribution in [-0.4, -0.2) is 16.6 Å². The monoisotopic (exact) mass is 365 g/mol. The number of nitrogen functional groups attached to an aromatic ring is 1. The molecule has 0 aliphatic carbocycles. The van der Waals surface area contributed by atoms with Gasteiger partial charge in [0, 0.05) is 21.8 Å². The van der Waals surface area contributed by atoms with Gasteiger partial charge in [0.2, 0.25) is 0 Å². The van der Waals surface area contributed by atoms with Gasteiger partial charge >= 0.3 is 0 Å². The summed E-state index contributed by atoms with van der Waals surface area (Å²) in [5.74, 6) is 1.74. The van der Waals surface area contributed by atoms with E-state index in [0.717, 1.165) is 22.2 Å². The van der Waals surface area contributed by atoms with Crippen molar-refractivity contribution in [3.8, 4) is 5.75 Å². The molecular formula is C16H16BrNO2S. The maximum atomic E-state index is 12.6. The molecule has 3 rings (SSSR count). The van der Waals surface area contributed by atoms with Crippen LogP contribution in [0.1, 0.15) is 17.9 Å². The van der Waals surface area contributed by atoms with Crippen LogP contribution in [0.4, 0.5) is 5.69 Å². The van der Waals surface area contributed by atoms with Crippen molar-refractivity contribution in [1.82, 2.24) is 0 Å². The highest BCUT2D eigenvalue weighted by Crippen LogP contribution is 2.35. The molecule has 0 saturated carbocycles. The summed E-state index contributed by atoms with van der Waals surface area (Å²) in [6, 6.07) is 13.5. The molecule has 5 heteroatoms. The lowest BCUT2D eigenvalue weighted by molar-refractivity contribution is 0.273. The molecule has 3 nitrogen and oxygen atoms in total. The van der Waals surface area contributed by atoms with Crippen LogP contribution in [0.15, 0.2) is 51.8 Å². The number of fused-ring (bicyclic) bond motifs is 1. The van der Waals surface area contributed by atoms with Gasteiger partial charge in [0.1, 0.15) is 5.75 Å². The lowest BCUT2D eigenvalue weighted by Gasteiger charge is -2.25. The van der Waals surface area contributed by atoms with Crippen molar-refractivity contribution in [3.63, 3.8) is 0 Å². The summed E-state index contributed by atoms with van der Waals surface area (Å²) >= 11 is 3.37. The van der Waals surface area contributed by atoms with E-state index in [4.69, 9.17) is 10.5 Å². The fourth-order valence-electron chi connectivity index (χ4n) is 2.59. The molecule has 1 heterocycles. The molecule has 1 aliphatic heterocycles. The predicted octanol–water partition coefficient (Wildman–Crippen LogP) is 3.71. The molecule has 21 heavy (non-hydrogen) atoms. The number of benzene rings is 2. The Kier molecular flexibility index (Phi) is 4.31. The van der Waals surface area contributed by atoms with Gasteiger partial charge in [0.05, 0.1) is 22.3 Å². The van der Waals surface area contributed by atoms with Gasteiger partial charge in [-0.15, -0.1) is 0 Å². The van der Waals surface area contributed by atoms with Gasteiger partial charge in [-0.1, -0.05) is 34.1 Å². The second kappa shape index (κ2) is 6.20. The molecule has 1 aliphatic rings. The van der Waals surface area contributed by atoms with Gasteiger partial charge in [-0.3, -0.25) is 4.21 Å². The Hall–Kier alpha value is -1.33. The Morgan fingerprint density at radius 3 is 2.90 bits per heavy atom. The predicted molar refractivity (Wildman–Crippen MR) is 89.1 cm³/mol. The maximum Gasteiger partial charge on any atom is 0.122 e. The molecule has 0 aromatic heterocycles. The van der Waals surface area contributed by atoms with Crippen molar-refractivity contribution in [2.45, 2.75) is 17.2 Å². The topological polar surface area (TPSA) is 52.3 Å². The highest BCUT2D eigenvalue weighted by Gasteiger charge is 2.24. The highest BCUT2D eigenvalue weighted by atomic mass is 79.9. The smallest absolute Gasteiger partial charge is 0.122 e.